The summed E-state index contributed by atoms with van der Waals surface area (Å²) in [5.74, 6) is -0.0559. The number of benzene rings is 1. The maximum atomic E-state index is 12.1. The molecule has 2 saturated heterocycles. The Balaban J connectivity index is 1.53. The lowest BCUT2D eigenvalue weighted by Gasteiger charge is -2.32. The van der Waals surface area contributed by atoms with E-state index in [0.29, 0.717) is 6.42 Å². The predicted octanol–water partition coefficient (Wildman–Crippen LogP) is -1.62. The molecule has 118 valence electrons. The van der Waals surface area contributed by atoms with Crippen LogP contribution in [0.5, 0.6) is 0 Å². The fourth-order valence-electron chi connectivity index (χ4n) is 3.42. The highest BCUT2D eigenvalue weighted by Gasteiger charge is 2.44. The normalized spacial score (nSPS) is 29.2. The van der Waals surface area contributed by atoms with Gasteiger partial charge in [0.1, 0.15) is 32.7 Å². The lowest BCUT2D eigenvalue weighted by molar-refractivity contribution is -1.02. The van der Waals surface area contributed by atoms with Gasteiger partial charge in [0.15, 0.2) is 6.04 Å². The van der Waals surface area contributed by atoms with E-state index < -0.39 is 0 Å². The Morgan fingerprint density at radius 3 is 2.32 bits per heavy atom. The summed E-state index contributed by atoms with van der Waals surface area (Å²) in [4.78, 5) is 27.8. The van der Waals surface area contributed by atoms with Gasteiger partial charge in [-0.15, -0.1) is 0 Å². The molecule has 1 aromatic carbocycles. The van der Waals surface area contributed by atoms with Crippen molar-refractivity contribution in [1.82, 2.24) is 4.90 Å². The number of hydrogen-bond acceptors (Lipinski definition) is 2. The molecule has 2 aliphatic heterocycles. The van der Waals surface area contributed by atoms with E-state index >= 15 is 0 Å². The summed E-state index contributed by atoms with van der Waals surface area (Å²) >= 11 is 5.91. The van der Waals surface area contributed by atoms with Crippen LogP contribution in [0, 0.1) is 0 Å². The van der Waals surface area contributed by atoms with Crippen LogP contribution in [-0.2, 0) is 16.1 Å². The SMILES string of the molecule is CN1C(=O)C[C@H]([NH+]2CC[NH+](Cc3ccc(Cl)cc3)CC2)C1=O. The van der Waals surface area contributed by atoms with E-state index in [0.717, 1.165) is 37.7 Å². The monoisotopic (exact) mass is 323 g/mol. The molecule has 2 amide bonds. The molecule has 2 fully saturated rings. The van der Waals surface area contributed by atoms with Crippen LogP contribution >= 0.6 is 11.6 Å². The van der Waals surface area contributed by atoms with Crippen molar-refractivity contribution in [3.05, 3.63) is 34.9 Å². The molecule has 0 radical (unpaired) electrons. The van der Waals surface area contributed by atoms with Crippen LogP contribution in [-0.4, -0.2) is 56.0 Å². The first-order valence-corrected chi connectivity index (χ1v) is 8.15. The summed E-state index contributed by atoms with van der Waals surface area (Å²) in [6, 6.07) is 7.84. The summed E-state index contributed by atoms with van der Waals surface area (Å²) in [5, 5.41) is 0.765. The van der Waals surface area contributed by atoms with Crippen LogP contribution in [0.4, 0.5) is 0 Å². The van der Waals surface area contributed by atoms with Crippen LogP contribution in [0.2, 0.25) is 5.02 Å². The van der Waals surface area contributed by atoms with Gasteiger partial charge in [0.05, 0.1) is 6.42 Å². The molecule has 3 rings (SSSR count). The fourth-order valence-corrected chi connectivity index (χ4v) is 3.54. The Morgan fingerprint density at radius 2 is 1.77 bits per heavy atom. The van der Waals surface area contributed by atoms with Crippen molar-refractivity contribution in [3.8, 4) is 0 Å². The third kappa shape index (κ3) is 3.16. The van der Waals surface area contributed by atoms with Crippen molar-refractivity contribution in [1.29, 1.82) is 0 Å². The molecule has 6 heteroatoms. The zero-order valence-corrected chi connectivity index (χ0v) is 13.5. The van der Waals surface area contributed by atoms with Gasteiger partial charge < -0.3 is 9.80 Å². The quantitative estimate of drug-likeness (QED) is 0.657. The van der Waals surface area contributed by atoms with Crippen LogP contribution < -0.4 is 9.80 Å². The molecule has 5 nitrogen and oxygen atoms in total. The van der Waals surface area contributed by atoms with Crippen LogP contribution in [0.1, 0.15) is 12.0 Å². The smallest absolute Gasteiger partial charge is 0.287 e. The minimum Gasteiger partial charge on any atom is -0.322 e. The summed E-state index contributed by atoms with van der Waals surface area (Å²) in [7, 11) is 1.59. The lowest BCUT2D eigenvalue weighted by Crippen LogP contribution is -3.29. The summed E-state index contributed by atoms with van der Waals surface area (Å²) in [6.07, 6.45) is 0.372. The minimum absolute atomic E-state index is 0.0128. The second kappa shape index (κ2) is 6.36. The molecular weight excluding hydrogens is 302 g/mol. The lowest BCUT2D eigenvalue weighted by atomic mass is 10.1. The number of rotatable bonds is 3. The number of amides is 2. The largest absolute Gasteiger partial charge is 0.322 e. The number of carbonyl (C=O) groups is 2. The van der Waals surface area contributed by atoms with Crippen molar-refractivity contribution in [2.75, 3.05) is 33.2 Å². The second-order valence-corrected chi connectivity index (χ2v) is 6.70. The molecule has 0 aromatic heterocycles. The summed E-state index contributed by atoms with van der Waals surface area (Å²) < 4.78 is 0. The van der Waals surface area contributed by atoms with Crippen molar-refractivity contribution in [2.24, 2.45) is 0 Å². The highest BCUT2D eigenvalue weighted by Crippen LogP contribution is 2.09. The van der Waals surface area contributed by atoms with Crippen LogP contribution in [0.3, 0.4) is 0 Å². The summed E-state index contributed by atoms with van der Waals surface area (Å²) in [6.45, 7) is 4.93. The number of nitrogens with zero attached hydrogens (tertiary/aromatic N) is 1. The predicted molar refractivity (Wildman–Crippen MR) is 82.7 cm³/mol. The number of likely N-dealkylation sites (tertiary alicyclic amines) is 1. The van der Waals surface area contributed by atoms with Crippen molar-refractivity contribution >= 4 is 23.4 Å². The van der Waals surface area contributed by atoms with E-state index in [9.17, 15) is 9.59 Å². The van der Waals surface area contributed by atoms with Gasteiger partial charge in [-0.3, -0.25) is 14.5 Å². The molecule has 22 heavy (non-hydrogen) atoms. The number of piperazine rings is 1. The standard InChI is InChI=1S/C16H20ClN3O2/c1-18-15(21)10-14(16(18)22)20-8-6-19(7-9-20)11-12-2-4-13(17)5-3-12/h2-5,14H,6-11H2,1H3/p+2/t14-/m0/s1. The number of nitrogens with one attached hydrogen (secondary N) is 2. The molecule has 2 N–H and O–H groups in total. The van der Waals surface area contributed by atoms with Crippen molar-refractivity contribution < 1.29 is 19.4 Å². The van der Waals surface area contributed by atoms with E-state index in [-0.39, 0.29) is 17.9 Å². The van der Waals surface area contributed by atoms with Gasteiger partial charge in [-0.25, -0.2) is 0 Å². The number of halogens is 1. The van der Waals surface area contributed by atoms with E-state index in [2.05, 4.69) is 12.1 Å². The van der Waals surface area contributed by atoms with Gasteiger partial charge in [0.25, 0.3) is 5.91 Å². The highest BCUT2D eigenvalue weighted by atomic mass is 35.5. The Kier molecular flexibility index (Phi) is 4.47. The fraction of sp³-hybridized carbons (Fsp3) is 0.500. The molecular formula is C16H22ClN3O2+2. The second-order valence-electron chi connectivity index (χ2n) is 6.26. The molecule has 0 spiro atoms. The van der Waals surface area contributed by atoms with Gasteiger partial charge in [-0.05, 0) is 12.1 Å². The summed E-state index contributed by atoms with van der Waals surface area (Å²) in [5.41, 5.74) is 1.29. The average molecular weight is 324 g/mol. The minimum atomic E-state index is -0.158. The number of imide groups is 1. The molecule has 2 heterocycles. The number of hydrogen-bond donors (Lipinski definition) is 2. The Labute approximate surface area is 135 Å². The third-order valence-electron chi connectivity index (χ3n) is 4.84. The average Bonchev–Trinajstić information content (AvgIpc) is 2.78. The third-order valence-corrected chi connectivity index (χ3v) is 5.09. The zero-order valence-electron chi connectivity index (χ0n) is 12.8. The zero-order chi connectivity index (χ0) is 15.7. The first-order valence-electron chi connectivity index (χ1n) is 7.77. The van der Waals surface area contributed by atoms with Crippen LogP contribution in [0.25, 0.3) is 0 Å². The first kappa shape index (κ1) is 15.5. The van der Waals surface area contributed by atoms with Gasteiger partial charge in [-0.2, -0.15) is 0 Å². The van der Waals surface area contributed by atoms with Gasteiger partial charge in [0.2, 0.25) is 5.91 Å². The van der Waals surface area contributed by atoms with Gasteiger partial charge in [0, 0.05) is 17.6 Å². The van der Waals surface area contributed by atoms with E-state index in [4.69, 9.17) is 11.6 Å². The number of carbonyl (C=O) groups excluding carboxylic acids is 2. The van der Waals surface area contributed by atoms with Crippen molar-refractivity contribution in [2.45, 2.75) is 19.0 Å². The topological polar surface area (TPSA) is 46.3 Å². The molecule has 0 saturated carbocycles. The molecule has 1 atom stereocenters. The number of likely N-dealkylation sites (N-methyl/N-ethyl adjacent to an activating group) is 1. The van der Waals surface area contributed by atoms with Crippen LogP contribution in [0.15, 0.2) is 24.3 Å². The first-order chi connectivity index (χ1) is 10.5. The number of quaternary nitrogens is 2. The molecule has 1 aromatic rings. The van der Waals surface area contributed by atoms with Gasteiger partial charge in [-0.1, -0.05) is 23.7 Å². The highest BCUT2D eigenvalue weighted by molar-refractivity contribution is 6.30. The maximum absolute atomic E-state index is 12.1. The molecule has 0 aliphatic carbocycles. The maximum Gasteiger partial charge on any atom is 0.287 e. The van der Waals surface area contributed by atoms with E-state index in [1.807, 2.05) is 12.1 Å². The van der Waals surface area contributed by atoms with Crippen molar-refractivity contribution in [3.63, 3.8) is 0 Å². The Bertz CT molecular complexity index is 567. The Hall–Kier alpha value is -1.43. The molecule has 2 aliphatic rings. The van der Waals surface area contributed by atoms with E-state index in [1.165, 1.54) is 20.3 Å². The molecule has 0 bridgehead atoms. The van der Waals surface area contributed by atoms with E-state index in [1.54, 1.807) is 7.05 Å². The van der Waals surface area contributed by atoms with Gasteiger partial charge >= 0.3 is 0 Å². The molecule has 0 unspecified atom stereocenters. The Morgan fingerprint density at radius 1 is 1.14 bits per heavy atom.